The first-order valence-corrected chi connectivity index (χ1v) is 5.99. The Kier molecular flexibility index (Phi) is 3.84. The average Bonchev–Trinajstić information content (AvgIpc) is 2.35. The molecule has 84 valence electrons. The minimum atomic E-state index is 0.624. The standard InChI is InChI=1S/C12H13IN2O/c13-16-12-6-2-3-9-10(12)4-1-5-11(9)15-8-7-14/h1-6,15H,7-8,14H2. The third kappa shape index (κ3) is 2.22. The van der Waals surface area contributed by atoms with Gasteiger partial charge in [0, 0.05) is 29.5 Å². The molecule has 0 aliphatic heterocycles. The molecule has 0 amide bonds. The summed E-state index contributed by atoms with van der Waals surface area (Å²) < 4.78 is 5.30. The van der Waals surface area contributed by atoms with Crippen LogP contribution in [0.25, 0.3) is 10.8 Å². The van der Waals surface area contributed by atoms with E-state index in [1.807, 2.05) is 41.2 Å². The van der Waals surface area contributed by atoms with E-state index >= 15 is 0 Å². The maximum absolute atomic E-state index is 5.49. The van der Waals surface area contributed by atoms with E-state index in [2.05, 4.69) is 23.5 Å². The fraction of sp³-hybridized carbons (Fsp3) is 0.167. The second kappa shape index (κ2) is 5.36. The van der Waals surface area contributed by atoms with Crippen LogP contribution in [0, 0.1) is 0 Å². The minimum Gasteiger partial charge on any atom is -0.427 e. The van der Waals surface area contributed by atoms with Gasteiger partial charge in [-0.15, -0.1) is 0 Å². The highest BCUT2D eigenvalue weighted by atomic mass is 127. The molecule has 16 heavy (non-hydrogen) atoms. The number of halogens is 1. The van der Waals surface area contributed by atoms with Crippen molar-refractivity contribution in [3.63, 3.8) is 0 Å². The summed E-state index contributed by atoms with van der Waals surface area (Å²) in [6, 6.07) is 12.1. The SMILES string of the molecule is NCCNc1cccc2c(OI)cccc12. The Morgan fingerprint density at radius 2 is 1.88 bits per heavy atom. The second-order valence-electron chi connectivity index (χ2n) is 3.45. The van der Waals surface area contributed by atoms with Crippen molar-refractivity contribution >= 4 is 39.5 Å². The van der Waals surface area contributed by atoms with E-state index in [-0.39, 0.29) is 0 Å². The van der Waals surface area contributed by atoms with Crippen LogP contribution >= 0.6 is 23.0 Å². The minimum absolute atomic E-state index is 0.624. The predicted molar refractivity (Wildman–Crippen MR) is 76.1 cm³/mol. The molecule has 0 aromatic heterocycles. The van der Waals surface area contributed by atoms with Gasteiger partial charge in [-0.25, -0.2) is 0 Å². The highest BCUT2D eigenvalue weighted by Gasteiger charge is 2.04. The average molecular weight is 328 g/mol. The molecule has 0 radical (unpaired) electrons. The smallest absolute Gasteiger partial charge is 0.192 e. The van der Waals surface area contributed by atoms with Crippen molar-refractivity contribution in [3.05, 3.63) is 36.4 Å². The Balaban J connectivity index is 2.51. The van der Waals surface area contributed by atoms with Crippen LogP contribution < -0.4 is 14.1 Å². The summed E-state index contributed by atoms with van der Waals surface area (Å²) in [5.74, 6) is 0.884. The largest absolute Gasteiger partial charge is 0.427 e. The van der Waals surface area contributed by atoms with Gasteiger partial charge in [-0.1, -0.05) is 24.3 Å². The monoisotopic (exact) mass is 328 g/mol. The zero-order chi connectivity index (χ0) is 11.4. The molecule has 0 aliphatic carbocycles. The molecule has 0 spiro atoms. The summed E-state index contributed by atoms with van der Waals surface area (Å²) in [5.41, 5.74) is 6.58. The van der Waals surface area contributed by atoms with Crippen molar-refractivity contribution in [1.82, 2.24) is 0 Å². The predicted octanol–water partition coefficient (Wildman–Crippen LogP) is 2.94. The number of hydrogen-bond donors (Lipinski definition) is 2. The Labute approximate surface area is 109 Å². The van der Waals surface area contributed by atoms with E-state index < -0.39 is 0 Å². The van der Waals surface area contributed by atoms with Crippen molar-refractivity contribution in [2.24, 2.45) is 5.73 Å². The van der Waals surface area contributed by atoms with E-state index in [0.717, 1.165) is 28.8 Å². The number of anilines is 1. The molecule has 2 aromatic carbocycles. The molecule has 0 fully saturated rings. The molecule has 4 heteroatoms. The lowest BCUT2D eigenvalue weighted by Crippen LogP contribution is -2.13. The lowest BCUT2D eigenvalue weighted by atomic mass is 10.1. The van der Waals surface area contributed by atoms with Crippen molar-refractivity contribution < 1.29 is 3.07 Å². The van der Waals surface area contributed by atoms with Crippen LogP contribution in [0.2, 0.25) is 0 Å². The molecule has 0 bridgehead atoms. The van der Waals surface area contributed by atoms with Gasteiger partial charge in [0.25, 0.3) is 0 Å². The number of nitrogens with two attached hydrogens (primary N) is 1. The summed E-state index contributed by atoms with van der Waals surface area (Å²) in [6.45, 7) is 1.40. The van der Waals surface area contributed by atoms with Crippen molar-refractivity contribution in [2.45, 2.75) is 0 Å². The summed E-state index contributed by atoms with van der Waals surface area (Å²) in [4.78, 5) is 0. The van der Waals surface area contributed by atoms with Crippen LogP contribution in [-0.2, 0) is 0 Å². The van der Waals surface area contributed by atoms with Crippen LogP contribution in [0.4, 0.5) is 5.69 Å². The third-order valence-corrected chi connectivity index (χ3v) is 2.90. The lowest BCUT2D eigenvalue weighted by Gasteiger charge is -2.10. The Morgan fingerprint density at radius 3 is 2.62 bits per heavy atom. The number of rotatable bonds is 4. The molecule has 2 rings (SSSR count). The first-order chi connectivity index (χ1) is 7.86. The van der Waals surface area contributed by atoms with E-state index in [0.29, 0.717) is 6.54 Å². The Morgan fingerprint density at radius 1 is 1.12 bits per heavy atom. The number of fused-ring (bicyclic) bond motifs is 1. The highest BCUT2D eigenvalue weighted by Crippen LogP contribution is 2.31. The Hall–Kier alpha value is -1.01. The maximum Gasteiger partial charge on any atom is 0.192 e. The van der Waals surface area contributed by atoms with Crippen LogP contribution in [0.1, 0.15) is 0 Å². The van der Waals surface area contributed by atoms with Gasteiger partial charge in [0.1, 0.15) is 5.75 Å². The molecular formula is C12H13IN2O. The number of benzene rings is 2. The molecular weight excluding hydrogens is 315 g/mol. The summed E-state index contributed by atoms with van der Waals surface area (Å²) in [6.07, 6.45) is 0. The van der Waals surface area contributed by atoms with Gasteiger partial charge in [-0.2, -0.15) is 0 Å². The normalized spacial score (nSPS) is 10.4. The van der Waals surface area contributed by atoms with Gasteiger partial charge < -0.3 is 14.1 Å². The van der Waals surface area contributed by atoms with Gasteiger partial charge >= 0.3 is 0 Å². The van der Waals surface area contributed by atoms with E-state index in [1.54, 1.807) is 0 Å². The quantitative estimate of drug-likeness (QED) is 0.849. The zero-order valence-corrected chi connectivity index (χ0v) is 10.9. The first-order valence-electron chi connectivity index (χ1n) is 5.11. The fourth-order valence-electron chi connectivity index (χ4n) is 1.71. The molecule has 3 nitrogen and oxygen atoms in total. The molecule has 2 aromatic rings. The molecule has 0 heterocycles. The molecule has 0 saturated carbocycles. The molecule has 0 aliphatic rings. The van der Waals surface area contributed by atoms with Crippen molar-refractivity contribution in [2.75, 3.05) is 18.4 Å². The van der Waals surface area contributed by atoms with Crippen molar-refractivity contribution in [3.8, 4) is 5.75 Å². The maximum atomic E-state index is 5.49. The summed E-state index contributed by atoms with van der Waals surface area (Å²) in [5, 5.41) is 5.57. The van der Waals surface area contributed by atoms with Crippen LogP contribution in [0.3, 0.4) is 0 Å². The topological polar surface area (TPSA) is 47.3 Å². The van der Waals surface area contributed by atoms with Crippen LogP contribution in [0.15, 0.2) is 36.4 Å². The van der Waals surface area contributed by atoms with E-state index in [1.165, 1.54) is 0 Å². The third-order valence-electron chi connectivity index (χ3n) is 2.42. The second-order valence-corrected chi connectivity index (χ2v) is 3.89. The van der Waals surface area contributed by atoms with Gasteiger partial charge in [-0.3, -0.25) is 0 Å². The van der Waals surface area contributed by atoms with E-state index in [4.69, 9.17) is 8.80 Å². The Bertz CT molecular complexity index is 487. The number of nitrogens with one attached hydrogen (secondary N) is 1. The van der Waals surface area contributed by atoms with Gasteiger partial charge in [0.2, 0.25) is 0 Å². The fourth-order valence-corrected chi connectivity index (χ4v) is 2.09. The highest BCUT2D eigenvalue weighted by molar-refractivity contribution is 14.1. The van der Waals surface area contributed by atoms with E-state index in [9.17, 15) is 0 Å². The first kappa shape index (κ1) is 11.5. The van der Waals surface area contributed by atoms with Crippen LogP contribution in [0.5, 0.6) is 5.75 Å². The van der Waals surface area contributed by atoms with Gasteiger partial charge in [0.05, 0.1) is 0 Å². The molecule has 0 saturated heterocycles. The lowest BCUT2D eigenvalue weighted by molar-refractivity contribution is 0.726. The summed E-state index contributed by atoms with van der Waals surface area (Å²) in [7, 11) is 0. The van der Waals surface area contributed by atoms with Crippen LogP contribution in [-0.4, -0.2) is 13.1 Å². The number of hydrogen-bond acceptors (Lipinski definition) is 3. The molecule has 3 N–H and O–H groups in total. The molecule has 0 atom stereocenters. The zero-order valence-electron chi connectivity index (χ0n) is 8.74. The summed E-state index contributed by atoms with van der Waals surface area (Å²) >= 11 is 1.90. The van der Waals surface area contributed by atoms with Gasteiger partial charge in [0.15, 0.2) is 23.0 Å². The molecule has 0 unspecified atom stereocenters. The van der Waals surface area contributed by atoms with Gasteiger partial charge in [-0.05, 0) is 12.1 Å². The van der Waals surface area contributed by atoms with Crippen molar-refractivity contribution in [1.29, 1.82) is 0 Å².